The number of methoxy groups -OCH3 is 1. The van der Waals surface area contributed by atoms with E-state index in [9.17, 15) is 18.0 Å². The maximum absolute atomic E-state index is 13.7. The van der Waals surface area contributed by atoms with Crippen LogP contribution < -0.4 is 14.2 Å². The summed E-state index contributed by atoms with van der Waals surface area (Å²) in [7, 11) is -2.52. The third-order valence-corrected chi connectivity index (χ3v) is 7.99. The summed E-state index contributed by atoms with van der Waals surface area (Å²) in [6.07, 6.45) is 1.56. The molecule has 1 aromatic heterocycles. The lowest BCUT2D eigenvalue weighted by molar-refractivity contribution is 0.0546. The lowest BCUT2D eigenvalue weighted by Gasteiger charge is -2.35. The predicted octanol–water partition coefficient (Wildman–Crippen LogP) is 5.16. The van der Waals surface area contributed by atoms with Crippen molar-refractivity contribution in [3.8, 4) is 22.8 Å². The molecule has 2 atom stereocenters. The van der Waals surface area contributed by atoms with Gasteiger partial charge in [0.25, 0.3) is 5.91 Å². The molecule has 3 aromatic rings. The van der Waals surface area contributed by atoms with Crippen LogP contribution in [0.15, 0.2) is 30.3 Å². The molecule has 0 radical (unpaired) electrons. The van der Waals surface area contributed by atoms with Crippen LogP contribution in [0.1, 0.15) is 62.5 Å². The molecule has 0 bridgehead atoms. The van der Waals surface area contributed by atoms with E-state index in [1.54, 1.807) is 20.8 Å². The van der Waals surface area contributed by atoms with Crippen LogP contribution in [0.4, 0.5) is 4.79 Å². The molecule has 1 amide bonds. The number of benzene rings is 2. The second-order valence-corrected chi connectivity index (χ2v) is 14.2. The molecule has 2 unspecified atom stereocenters. The van der Waals surface area contributed by atoms with Crippen molar-refractivity contribution in [3.63, 3.8) is 0 Å². The van der Waals surface area contributed by atoms with Gasteiger partial charge in [0.2, 0.25) is 0 Å². The molecule has 11 heteroatoms. The molecule has 0 saturated carbocycles. The SMILES string of the molecule is COc1cc(-c2cc3cc(CN4CC(C)CC(C)C4)ccc3n2C(=O)OC(C)(C)C)c2c(c1OS(C)(=O)=O)CNC2=O. The Morgan fingerprint density at radius 1 is 1.10 bits per heavy atom. The number of ether oxygens (including phenoxy) is 2. The van der Waals surface area contributed by atoms with Crippen LogP contribution in [0.3, 0.4) is 0 Å². The third kappa shape index (κ3) is 6.12. The van der Waals surface area contributed by atoms with E-state index in [1.807, 2.05) is 18.2 Å². The maximum Gasteiger partial charge on any atom is 0.419 e. The fourth-order valence-electron chi connectivity index (χ4n) is 6.22. The molecular weight excluding hydrogens is 558 g/mol. The molecule has 1 N–H and O–H groups in total. The average Bonchev–Trinajstić information content (AvgIpc) is 3.42. The lowest BCUT2D eigenvalue weighted by atomic mass is 9.91. The van der Waals surface area contributed by atoms with E-state index >= 15 is 0 Å². The Labute approximate surface area is 247 Å². The minimum absolute atomic E-state index is 0.0483. The van der Waals surface area contributed by atoms with Gasteiger partial charge in [0.15, 0.2) is 11.5 Å². The zero-order chi connectivity index (χ0) is 30.6. The van der Waals surface area contributed by atoms with E-state index in [4.69, 9.17) is 13.7 Å². The average molecular weight is 598 g/mol. The molecular formula is C31H39N3O7S. The van der Waals surface area contributed by atoms with Gasteiger partial charge in [-0.25, -0.2) is 9.36 Å². The topological polar surface area (TPSA) is 116 Å². The van der Waals surface area contributed by atoms with Crippen molar-refractivity contribution in [1.29, 1.82) is 0 Å². The summed E-state index contributed by atoms with van der Waals surface area (Å²) < 4.78 is 42.2. The Kier molecular flexibility index (Phi) is 7.78. The van der Waals surface area contributed by atoms with Crippen LogP contribution in [0.2, 0.25) is 0 Å². The number of nitrogens with one attached hydrogen (secondary N) is 1. The largest absolute Gasteiger partial charge is 0.493 e. The van der Waals surface area contributed by atoms with Crippen molar-refractivity contribution in [2.24, 2.45) is 11.8 Å². The van der Waals surface area contributed by atoms with Crippen molar-refractivity contribution in [2.45, 2.75) is 59.7 Å². The Hall–Kier alpha value is -3.57. The number of aromatic nitrogens is 1. The van der Waals surface area contributed by atoms with Gasteiger partial charge in [-0.2, -0.15) is 8.42 Å². The van der Waals surface area contributed by atoms with Gasteiger partial charge >= 0.3 is 16.2 Å². The Bertz CT molecular complexity index is 1660. The number of carbonyl (C=O) groups is 2. The number of rotatable bonds is 6. The molecule has 2 aliphatic heterocycles. The van der Waals surface area contributed by atoms with Crippen LogP contribution in [-0.4, -0.2) is 61.9 Å². The van der Waals surface area contributed by atoms with Gasteiger partial charge in [-0.15, -0.1) is 0 Å². The Balaban J connectivity index is 1.68. The summed E-state index contributed by atoms with van der Waals surface area (Å²) in [5, 5.41) is 3.57. The molecule has 3 heterocycles. The van der Waals surface area contributed by atoms with Gasteiger partial charge in [0.1, 0.15) is 5.60 Å². The summed E-state index contributed by atoms with van der Waals surface area (Å²) in [6, 6.07) is 9.41. The first-order chi connectivity index (χ1) is 19.6. The molecule has 1 fully saturated rings. The second kappa shape index (κ2) is 10.9. The van der Waals surface area contributed by atoms with Crippen molar-refractivity contribution in [3.05, 3.63) is 47.0 Å². The zero-order valence-corrected chi connectivity index (χ0v) is 26.1. The van der Waals surface area contributed by atoms with Crippen LogP contribution in [0, 0.1) is 11.8 Å². The minimum Gasteiger partial charge on any atom is -0.493 e. The lowest BCUT2D eigenvalue weighted by Crippen LogP contribution is -2.38. The normalized spacial score (nSPS) is 19.5. The van der Waals surface area contributed by atoms with E-state index in [0.717, 1.165) is 36.8 Å². The van der Waals surface area contributed by atoms with E-state index in [-0.39, 0.29) is 23.6 Å². The first-order valence-corrected chi connectivity index (χ1v) is 16.0. The van der Waals surface area contributed by atoms with Gasteiger partial charge < -0.3 is 19.0 Å². The summed E-state index contributed by atoms with van der Waals surface area (Å²) >= 11 is 0. The third-order valence-electron chi connectivity index (χ3n) is 7.52. The molecule has 0 aliphatic carbocycles. The summed E-state index contributed by atoms with van der Waals surface area (Å²) in [4.78, 5) is 29.3. The van der Waals surface area contributed by atoms with Crippen LogP contribution in [0.5, 0.6) is 11.5 Å². The number of hydrogen-bond acceptors (Lipinski definition) is 8. The van der Waals surface area contributed by atoms with Crippen LogP contribution >= 0.6 is 0 Å². The van der Waals surface area contributed by atoms with Crippen LogP contribution in [0.25, 0.3) is 22.2 Å². The number of likely N-dealkylation sites (tertiary alicyclic amines) is 1. The highest BCUT2D eigenvalue weighted by Gasteiger charge is 2.34. The highest BCUT2D eigenvalue weighted by molar-refractivity contribution is 7.86. The molecule has 226 valence electrons. The summed E-state index contributed by atoms with van der Waals surface area (Å²) in [5.41, 5.74) is 2.37. The van der Waals surface area contributed by atoms with Crippen molar-refractivity contribution in [1.82, 2.24) is 14.8 Å². The number of piperidine rings is 1. The number of carbonyl (C=O) groups excluding carboxylic acids is 2. The molecule has 2 aliphatic rings. The quantitative estimate of drug-likeness (QED) is 0.388. The van der Waals surface area contributed by atoms with Crippen LogP contribution in [-0.2, 0) is 27.9 Å². The van der Waals surface area contributed by atoms with Crippen molar-refractivity contribution >= 4 is 33.0 Å². The molecule has 5 rings (SSSR count). The van der Waals surface area contributed by atoms with Crippen molar-refractivity contribution in [2.75, 3.05) is 26.5 Å². The zero-order valence-electron chi connectivity index (χ0n) is 25.2. The Morgan fingerprint density at radius 3 is 2.40 bits per heavy atom. The highest BCUT2D eigenvalue weighted by atomic mass is 32.2. The van der Waals surface area contributed by atoms with E-state index in [0.29, 0.717) is 34.2 Å². The predicted molar refractivity (Wildman–Crippen MR) is 160 cm³/mol. The van der Waals surface area contributed by atoms with Gasteiger partial charge in [-0.1, -0.05) is 19.9 Å². The van der Waals surface area contributed by atoms with E-state index < -0.39 is 27.7 Å². The standard InChI is InChI=1S/C31H39N3O7S/c1-18-10-19(2)16-33(15-18)17-20-8-9-24-21(11-20)12-25(34(24)30(36)40-31(3,4)5)22-13-26(39-6)28(41-42(7,37)38)23-14-32-29(35)27(22)23/h8-9,11-13,18-19H,10,14-17H2,1-7H3,(H,32,35). The van der Waals surface area contributed by atoms with Crippen molar-refractivity contribution < 1.29 is 31.7 Å². The number of amides is 1. The van der Waals surface area contributed by atoms with Gasteiger partial charge in [-0.3, -0.25) is 9.69 Å². The monoisotopic (exact) mass is 597 g/mol. The molecule has 2 aromatic carbocycles. The summed E-state index contributed by atoms with van der Waals surface area (Å²) in [5.74, 6) is 0.937. The minimum atomic E-state index is -3.92. The number of nitrogens with zero attached hydrogens (tertiary/aromatic N) is 2. The summed E-state index contributed by atoms with van der Waals surface area (Å²) in [6.45, 7) is 12.9. The van der Waals surface area contributed by atoms with Gasteiger partial charge in [-0.05, 0) is 68.9 Å². The fraction of sp³-hybridized carbons (Fsp3) is 0.484. The van der Waals surface area contributed by atoms with Gasteiger partial charge in [0, 0.05) is 42.7 Å². The molecule has 0 spiro atoms. The van der Waals surface area contributed by atoms with Gasteiger partial charge in [0.05, 0.1) is 30.1 Å². The fourth-order valence-corrected chi connectivity index (χ4v) is 6.71. The first kappa shape index (κ1) is 29.9. The first-order valence-electron chi connectivity index (χ1n) is 14.2. The van der Waals surface area contributed by atoms with E-state index in [1.165, 1.54) is 24.2 Å². The van der Waals surface area contributed by atoms with E-state index in [2.05, 4.69) is 30.1 Å². The molecule has 1 saturated heterocycles. The Morgan fingerprint density at radius 2 is 1.79 bits per heavy atom. The number of fused-ring (bicyclic) bond motifs is 2. The number of hydrogen-bond donors (Lipinski definition) is 1. The maximum atomic E-state index is 13.7. The molecule has 42 heavy (non-hydrogen) atoms. The second-order valence-electron chi connectivity index (χ2n) is 12.7. The smallest absolute Gasteiger partial charge is 0.419 e. The molecule has 10 nitrogen and oxygen atoms in total. The highest BCUT2D eigenvalue weighted by Crippen LogP contribution is 2.44.